The van der Waals surface area contributed by atoms with Crippen molar-refractivity contribution >= 4 is 35.1 Å². The van der Waals surface area contributed by atoms with Crippen LogP contribution in [0.2, 0.25) is 0 Å². The van der Waals surface area contributed by atoms with Crippen molar-refractivity contribution < 1.29 is 81.3 Å². The molecule has 0 bridgehead atoms. The summed E-state index contributed by atoms with van der Waals surface area (Å²) in [4.78, 5) is 76.7. The molecule has 7 atom stereocenters. The van der Waals surface area contributed by atoms with Crippen LogP contribution in [0.3, 0.4) is 0 Å². The van der Waals surface area contributed by atoms with Crippen LogP contribution in [-0.4, -0.2) is 112 Å². The zero-order valence-corrected chi connectivity index (χ0v) is 28.5. The van der Waals surface area contributed by atoms with Crippen molar-refractivity contribution in [3.05, 3.63) is 51.6 Å². The maximum absolute atomic E-state index is 13.9. The number of aliphatic hydroxyl groups excluding tert-OH is 1. The first kappa shape index (κ1) is 39.1. The van der Waals surface area contributed by atoms with E-state index in [4.69, 9.17) is 18.9 Å². The Morgan fingerprint density at radius 2 is 1.74 bits per heavy atom. The van der Waals surface area contributed by atoms with Gasteiger partial charge in [0.1, 0.15) is 35.0 Å². The highest BCUT2D eigenvalue weighted by molar-refractivity contribution is 6.31. The second-order valence-corrected chi connectivity index (χ2v) is 12.9. The fourth-order valence-electron chi connectivity index (χ4n) is 6.72. The third-order valence-corrected chi connectivity index (χ3v) is 9.31. The average molecular weight is 753 g/mol. The molecule has 0 saturated carbocycles. The molecule has 2 aromatic carbocycles. The van der Waals surface area contributed by atoms with E-state index < -0.39 is 143 Å². The minimum Gasteiger partial charge on any atom is -0.507 e. The smallest absolute Gasteiger partial charge is 0.471 e. The summed E-state index contributed by atoms with van der Waals surface area (Å²) in [5.74, 6) is -8.89. The average Bonchev–Trinajstić information content (AvgIpc) is 3.08. The number of aliphatic hydroxyl groups is 2. The first-order valence-electron chi connectivity index (χ1n) is 16.1. The predicted molar refractivity (Wildman–Crippen MR) is 169 cm³/mol. The summed E-state index contributed by atoms with van der Waals surface area (Å²) in [5.41, 5.74) is -5.20. The molecule has 0 aromatic heterocycles. The molecule has 0 radical (unpaired) electrons. The Morgan fingerprint density at radius 1 is 1.08 bits per heavy atom. The predicted octanol–water partition coefficient (Wildman–Crippen LogP) is 0.797. The largest absolute Gasteiger partial charge is 0.507 e. The van der Waals surface area contributed by atoms with Crippen LogP contribution < -0.4 is 15.4 Å². The van der Waals surface area contributed by atoms with Crippen LogP contribution in [0.4, 0.5) is 13.2 Å². The second-order valence-electron chi connectivity index (χ2n) is 12.9. The van der Waals surface area contributed by atoms with E-state index in [1.54, 1.807) is 5.32 Å². The van der Waals surface area contributed by atoms with Crippen LogP contribution >= 0.6 is 0 Å². The van der Waals surface area contributed by atoms with E-state index in [0.717, 1.165) is 6.92 Å². The number of methoxy groups -OCH3 is 1. The third kappa shape index (κ3) is 7.28. The Balaban J connectivity index is 1.57. The van der Waals surface area contributed by atoms with E-state index in [-0.39, 0.29) is 16.9 Å². The molecule has 1 fully saturated rings. The van der Waals surface area contributed by atoms with Gasteiger partial charge in [-0.3, -0.25) is 24.0 Å². The fourth-order valence-corrected chi connectivity index (χ4v) is 6.72. The lowest BCUT2D eigenvalue weighted by Gasteiger charge is -2.43. The summed E-state index contributed by atoms with van der Waals surface area (Å²) in [7, 11) is 1.24. The number of benzene rings is 2. The van der Waals surface area contributed by atoms with Crippen LogP contribution in [0, 0.1) is 0 Å². The van der Waals surface area contributed by atoms with E-state index >= 15 is 0 Å². The van der Waals surface area contributed by atoms with Crippen molar-refractivity contribution in [1.82, 2.24) is 10.6 Å². The number of fused-ring (bicyclic) bond motifs is 3. The van der Waals surface area contributed by atoms with E-state index in [2.05, 4.69) is 5.32 Å². The summed E-state index contributed by atoms with van der Waals surface area (Å²) < 4.78 is 61.1. The molecule has 19 heteroatoms. The van der Waals surface area contributed by atoms with Crippen molar-refractivity contribution in [2.24, 2.45) is 0 Å². The topological polar surface area (TPSA) is 244 Å². The van der Waals surface area contributed by atoms with Crippen LogP contribution in [0.15, 0.2) is 18.2 Å². The maximum Gasteiger partial charge on any atom is 0.471 e. The lowest BCUT2D eigenvalue weighted by molar-refractivity contribution is -0.250. The quantitative estimate of drug-likeness (QED) is 0.131. The molecular formula is C34H35F3N2O14. The molecule has 53 heavy (non-hydrogen) atoms. The van der Waals surface area contributed by atoms with Crippen LogP contribution in [0.25, 0.3) is 0 Å². The van der Waals surface area contributed by atoms with Crippen LogP contribution in [0.1, 0.15) is 82.7 Å². The fraction of sp³-hybridized carbons (Fsp3) is 0.471. The minimum atomic E-state index is -5.31. The molecule has 5 rings (SSSR count). The molecule has 0 spiro atoms. The van der Waals surface area contributed by atoms with E-state index in [9.17, 15) is 62.4 Å². The third-order valence-electron chi connectivity index (χ3n) is 9.31. The zero-order valence-electron chi connectivity index (χ0n) is 28.5. The van der Waals surface area contributed by atoms with Crippen molar-refractivity contribution in [3.8, 4) is 17.2 Å². The van der Waals surface area contributed by atoms with Crippen molar-refractivity contribution in [3.63, 3.8) is 0 Å². The molecule has 2 aliphatic carbocycles. The molecule has 6 N–H and O–H groups in total. The number of amides is 2. The van der Waals surface area contributed by atoms with Gasteiger partial charge in [0, 0.05) is 42.9 Å². The molecule has 2 aromatic rings. The summed E-state index contributed by atoms with van der Waals surface area (Å²) in [6.45, 7) is 2.59. The number of alkyl halides is 3. The first-order valence-corrected chi connectivity index (χ1v) is 16.1. The molecule has 2 amide bonds. The van der Waals surface area contributed by atoms with Gasteiger partial charge in [-0.1, -0.05) is 12.1 Å². The summed E-state index contributed by atoms with van der Waals surface area (Å²) >= 11 is 0. The number of ether oxygens (including phenoxy) is 4. The molecule has 3 aliphatic rings. The van der Waals surface area contributed by atoms with Gasteiger partial charge >= 0.3 is 18.1 Å². The van der Waals surface area contributed by atoms with Gasteiger partial charge in [-0.15, -0.1) is 0 Å². The van der Waals surface area contributed by atoms with Gasteiger partial charge in [0.25, 0.3) is 0 Å². The first-order chi connectivity index (χ1) is 24.7. The molecular weight excluding hydrogens is 717 g/mol. The number of esters is 1. The van der Waals surface area contributed by atoms with Crippen molar-refractivity contribution in [2.75, 3.05) is 13.7 Å². The highest BCUT2D eigenvalue weighted by Gasteiger charge is 2.51. The Kier molecular flexibility index (Phi) is 10.6. The number of carbonyl (C=O) groups excluding carboxylic acids is 6. The SMILES string of the molecule is COc1cccc2c1C(=O)c1c(O)c3c(c(O)c1C2=O)C[C@@](O)(C(=O)COC(=O)C(C)NC(C)=O)C[C@@H]3OC1CC(NC(=O)C(F)(F)F)C(O)C(C)O1. The number of Topliss-reactive ketones (excluding diaryl/α,β-unsaturated/α-hetero) is 1. The summed E-state index contributed by atoms with van der Waals surface area (Å²) in [5, 5.41) is 49.5. The zero-order chi connectivity index (χ0) is 39.3. The molecule has 1 saturated heterocycles. The number of halogens is 3. The van der Waals surface area contributed by atoms with E-state index in [1.807, 2.05) is 0 Å². The van der Waals surface area contributed by atoms with Gasteiger partial charge in [0.2, 0.25) is 17.5 Å². The molecule has 286 valence electrons. The number of carbonyl (C=O) groups is 6. The molecule has 1 heterocycles. The number of phenolic OH excluding ortho intramolecular Hbond substituents is 2. The van der Waals surface area contributed by atoms with Gasteiger partial charge in [-0.25, -0.2) is 4.79 Å². The number of nitrogens with one attached hydrogen (secondary N) is 2. The maximum atomic E-state index is 13.9. The van der Waals surface area contributed by atoms with E-state index in [0.29, 0.717) is 0 Å². The summed E-state index contributed by atoms with van der Waals surface area (Å²) in [6.07, 6.45) is -13.9. The number of aromatic hydroxyl groups is 2. The molecule has 16 nitrogen and oxygen atoms in total. The van der Waals surface area contributed by atoms with Gasteiger partial charge in [-0.2, -0.15) is 13.2 Å². The number of phenols is 2. The number of ketones is 3. The minimum absolute atomic E-state index is 0.0339. The van der Waals surface area contributed by atoms with Crippen molar-refractivity contribution in [2.45, 2.75) is 88.5 Å². The number of rotatable bonds is 9. The van der Waals surface area contributed by atoms with Gasteiger partial charge in [0.15, 0.2) is 18.7 Å². The van der Waals surface area contributed by atoms with Gasteiger partial charge in [0.05, 0.1) is 42.0 Å². The Labute approximate surface area is 298 Å². The number of hydrogen-bond donors (Lipinski definition) is 6. The monoisotopic (exact) mass is 752 g/mol. The van der Waals surface area contributed by atoms with Crippen LogP contribution in [0.5, 0.6) is 17.2 Å². The lowest BCUT2D eigenvalue weighted by atomic mass is 9.72. The number of hydrogen-bond acceptors (Lipinski definition) is 14. The second kappa shape index (κ2) is 14.4. The normalized spacial score (nSPS) is 25.6. The highest BCUT2D eigenvalue weighted by Crippen LogP contribution is 2.52. The van der Waals surface area contributed by atoms with E-state index in [1.165, 1.54) is 39.2 Å². The summed E-state index contributed by atoms with van der Waals surface area (Å²) in [6, 6.07) is 1.28. The van der Waals surface area contributed by atoms with Crippen molar-refractivity contribution in [1.29, 1.82) is 0 Å². The highest BCUT2D eigenvalue weighted by atomic mass is 19.4. The Morgan fingerprint density at radius 3 is 2.36 bits per heavy atom. The Bertz CT molecular complexity index is 1900. The van der Waals surface area contributed by atoms with Crippen LogP contribution in [-0.2, 0) is 39.8 Å². The van der Waals surface area contributed by atoms with Gasteiger partial charge < -0.3 is 50.0 Å². The van der Waals surface area contributed by atoms with Gasteiger partial charge in [-0.05, 0) is 19.9 Å². The molecule has 5 unspecified atom stereocenters. The standard InChI is InChI=1S/C34H35F3N2O14/c1-12(38-14(3)40)31(47)51-11-20(41)33(49)9-16-23(19(10-33)53-21-8-17(26(42)13(2)52-21)39-32(48)34(35,36)37)30(46)25-24(28(16)44)27(43)15-6-5-7-18(50-4)22(15)29(25)45/h5-7,12-13,17,19,21,26,42,44,46,49H,8-11H2,1-4H3,(H,38,40)(H,39,48)/t12?,13?,17?,19-,21?,26?,33-/m0/s1. The Hall–Kier alpha value is -5.11. The molecule has 1 aliphatic heterocycles. The lowest BCUT2D eigenvalue weighted by Crippen LogP contribution is -2.57.